The summed E-state index contributed by atoms with van der Waals surface area (Å²) in [6.45, 7) is 4.40. The molecule has 2 atom stereocenters. The van der Waals surface area contributed by atoms with Crippen molar-refractivity contribution in [3.63, 3.8) is 0 Å². The summed E-state index contributed by atoms with van der Waals surface area (Å²) in [6, 6.07) is 3.87. The Kier molecular flexibility index (Phi) is 3.72. The van der Waals surface area contributed by atoms with Crippen molar-refractivity contribution in [2.75, 3.05) is 26.2 Å². The third kappa shape index (κ3) is 2.80. The Morgan fingerprint density at radius 1 is 1.36 bits per heavy atom. The molecule has 3 heterocycles. The van der Waals surface area contributed by atoms with Crippen molar-refractivity contribution in [3.8, 4) is 0 Å². The second kappa shape index (κ2) is 5.85. The molecule has 1 amide bonds. The normalized spacial score (nSPS) is 25.4. The van der Waals surface area contributed by atoms with E-state index >= 15 is 0 Å². The van der Waals surface area contributed by atoms with Crippen molar-refractivity contribution in [1.82, 2.24) is 14.8 Å². The molecule has 0 unspecified atom stereocenters. The maximum absolute atomic E-state index is 12.5. The van der Waals surface area contributed by atoms with Crippen molar-refractivity contribution in [3.05, 3.63) is 40.7 Å². The fourth-order valence-electron chi connectivity index (χ4n) is 3.19. The maximum Gasteiger partial charge on any atom is 0.226 e. The summed E-state index contributed by atoms with van der Waals surface area (Å²) in [5, 5.41) is 2.09. The number of carbonyl (C=O) groups is 1. The van der Waals surface area contributed by atoms with Crippen LogP contribution in [0, 0.1) is 5.92 Å². The standard InChI is InChI=1S/C16H19N3O2S/c20-16(14-8-13(14)15-2-1-7-21-15)19-5-3-18(4-6-19)9-12-10-22-11-17-12/h1-2,7,10-11,13-14H,3-6,8-9H2/t13-,14-/m0/s1. The fourth-order valence-corrected chi connectivity index (χ4v) is 3.74. The van der Waals surface area contributed by atoms with E-state index in [1.807, 2.05) is 22.5 Å². The molecule has 1 aliphatic carbocycles. The van der Waals surface area contributed by atoms with E-state index in [1.165, 1.54) is 0 Å². The number of thiazole rings is 1. The zero-order valence-electron chi connectivity index (χ0n) is 12.4. The highest BCUT2D eigenvalue weighted by molar-refractivity contribution is 7.07. The number of nitrogens with zero attached hydrogens (tertiary/aromatic N) is 3. The van der Waals surface area contributed by atoms with Crippen LogP contribution in [0.5, 0.6) is 0 Å². The largest absolute Gasteiger partial charge is 0.469 e. The van der Waals surface area contributed by atoms with Gasteiger partial charge in [-0.3, -0.25) is 9.69 Å². The van der Waals surface area contributed by atoms with Gasteiger partial charge in [-0.2, -0.15) is 0 Å². The molecule has 2 aromatic heterocycles. The average Bonchev–Trinajstić information content (AvgIpc) is 2.94. The number of rotatable bonds is 4. The molecule has 2 aromatic rings. The van der Waals surface area contributed by atoms with Gasteiger partial charge in [0.25, 0.3) is 0 Å². The molecule has 22 heavy (non-hydrogen) atoms. The topological polar surface area (TPSA) is 49.6 Å². The van der Waals surface area contributed by atoms with Gasteiger partial charge < -0.3 is 9.32 Å². The van der Waals surface area contributed by atoms with Crippen molar-refractivity contribution in [2.45, 2.75) is 18.9 Å². The summed E-state index contributed by atoms with van der Waals surface area (Å²) in [6.07, 6.45) is 2.62. The highest BCUT2D eigenvalue weighted by Gasteiger charge is 2.47. The van der Waals surface area contributed by atoms with Crippen molar-refractivity contribution in [1.29, 1.82) is 0 Å². The minimum atomic E-state index is 0.135. The molecule has 4 rings (SSSR count). The minimum Gasteiger partial charge on any atom is -0.469 e. The molecule has 0 radical (unpaired) electrons. The molecule has 1 aliphatic heterocycles. The fraction of sp³-hybridized carbons (Fsp3) is 0.500. The Hall–Kier alpha value is -1.66. The number of piperazine rings is 1. The average molecular weight is 317 g/mol. The SMILES string of the molecule is O=C([C@H]1C[C@@H]1c1ccco1)N1CCN(Cc2cscn2)CC1. The summed E-state index contributed by atoms with van der Waals surface area (Å²) in [4.78, 5) is 21.3. The second-order valence-corrected chi connectivity index (χ2v) is 6.76. The van der Waals surface area contributed by atoms with E-state index in [2.05, 4.69) is 15.3 Å². The lowest BCUT2D eigenvalue weighted by atomic mass is 10.2. The molecule has 1 saturated heterocycles. The quantitative estimate of drug-likeness (QED) is 0.867. The lowest BCUT2D eigenvalue weighted by molar-refractivity contribution is -0.134. The smallest absolute Gasteiger partial charge is 0.226 e. The van der Waals surface area contributed by atoms with Crippen LogP contribution in [0.4, 0.5) is 0 Å². The van der Waals surface area contributed by atoms with Gasteiger partial charge in [0, 0.05) is 49.9 Å². The highest BCUT2D eigenvalue weighted by Crippen LogP contribution is 2.48. The molecule has 116 valence electrons. The van der Waals surface area contributed by atoms with Gasteiger partial charge >= 0.3 is 0 Å². The Morgan fingerprint density at radius 3 is 2.91 bits per heavy atom. The van der Waals surface area contributed by atoms with Crippen LogP contribution in [0.25, 0.3) is 0 Å². The Balaban J connectivity index is 1.28. The summed E-state index contributed by atoms with van der Waals surface area (Å²) < 4.78 is 5.42. The van der Waals surface area contributed by atoms with E-state index in [0.717, 1.165) is 50.6 Å². The molecular weight excluding hydrogens is 298 g/mol. The molecule has 0 bridgehead atoms. The summed E-state index contributed by atoms with van der Waals surface area (Å²) in [7, 11) is 0. The second-order valence-electron chi connectivity index (χ2n) is 6.05. The lowest BCUT2D eigenvalue weighted by Crippen LogP contribution is -2.48. The number of carbonyl (C=O) groups excluding carboxylic acids is 1. The van der Waals surface area contributed by atoms with Gasteiger partial charge in [-0.25, -0.2) is 4.98 Å². The van der Waals surface area contributed by atoms with Crippen molar-refractivity contribution >= 4 is 17.2 Å². The number of aromatic nitrogens is 1. The van der Waals surface area contributed by atoms with Crippen LogP contribution in [0.1, 0.15) is 23.8 Å². The number of furan rings is 1. The summed E-state index contributed by atoms with van der Waals surface area (Å²) >= 11 is 1.63. The van der Waals surface area contributed by atoms with E-state index < -0.39 is 0 Å². The lowest BCUT2D eigenvalue weighted by Gasteiger charge is -2.34. The molecule has 1 saturated carbocycles. The molecule has 2 fully saturated rings. The van der Waals surface area contributed by atoms with Gasteiger partial charge in [0.2, 0.25) is 5.91 Å². The van der Waals surface area contributed by atoms with E-state index in [1.54, 1.807) is 17.6 Å². The van der Waals surface area contributed by atoms with Crippen LogP contribution < -0.4 is 0 Å². The van der Waals surface area contributed by atoms with Crippen LogP contribution in [-0.2, 0) is 11.3 Å². The Morgan fingerprint density at radius 2 is 2.23 bits per heavy atom. The third-order valence-corrected chi connectivity index (χ3v) is 5.20. The van der Waals surface area contributed by atoms with Gasteiger partial charge in [-0.1, -0.05) is 0 Å². The van der Waals surface area contributed by atoms with Crippen molar-refractivity contribution in [2.24, 2.45) is 5.92 Å². The molecule has 0 N–H and O–H groups in total. The first-order valence-electron chi connectivity index (χ1n) is 7.73. The highest BCUT2D eigenvalue weighted by atomic mass is 32.1. The first-order valence-corrected chi connectivity index (χ1v) is 8.67. The Bertz CT molecular complexity index is 618. The van der Waals surface area contributed by atoms with Gasteiger partial charge in [-0.05, 0) is 18.6 Å². The predicted octanol–water partition coefficient (Wildman–Crippen LogP) is 2.18. The molecule has 0 aromatic carbocycles. The van der Waals surface area contributed by atoms with E-state index in [-0.39, 0.29) is 5.92 Å². The third-order valence-electron chi connectivity index (χ3n) is 4.57. The first-order chi connectivity index (χ1) is 10.8. The van der Waals surface area contributed by atoms with Crippen LogP contribution in [0.3, 0.4) is 0 Å². The summed E-state index contributed by atoms with van der Waals surface area (Å²) in [5.74, 6) is 1.70. The number of hydrogen-bond acceptors (Lipinski definition) is 5. The van der Waals surface area contributed by atoms with Gasteiger partial charge in [0.15, 0.2) is 0 Å². The van der Waals surface area contributed by atoms with Gasteiger partial charge in [0.1, 0.15) is 5.76 Å². The first kappa shape index (κ1) is 14.0. The zero-order valence-corrected chi connectivity index (χ0v) is 13.2. The van der Waals surface area contributed by atoms with Crippen molar-refractivity contribution < 1.29 is 9.21 Å². The van der Waals surface area contributed by atoms with E-state index in [0.29, 0.717) is 11.8 Å². The maximum atomic E-state index is 12.5. The molecule has 0 spiro atoms. The molecule has 6 heteroatoms. The Labute approximate surface area is 133 Å². The van der Waals surface area contributed by atoms with Crippen LogP contribution >= 0.6 is 11.3 Å². The molecule has 5 nitrogen and oxygen atoms in total. The van der Waals surface area contributed by atoms with Crippen LogP contribution in [-0.4, -0.2) is 46.9 Å². The monoisotopic (exact) mass is 317 g/mol. The van der Waals surface area contributed by atoms with Gasteiger partial charge in [0.05, 0.1) is 17.5 Å². The molecular formula is C16H19N3O2S. The summed E-state index contributed by atoms with van der Waals surface area (Å²) in [5.41, 5.74) is 3.00. The van der Waals surface area contributed by atoms with Gasteiger partial charge in [-0.15, -0.1) is 11.3 Å². The minimum absolute atomic E-state index is 0.135. The zero-order chi connectivity index (χ0) is 14.9. The number of hydrogen-bond donors (Lipinski definition) is 0. The predicted molar refractivity (Wildman–Crippen MR) is 83.5 cm³/mol. The van der Waals surface area contributed by atoms with Crippen LogP contribution in [0.2, 0.25) is 0 Å². The molecule has 2 aliphatic rings. The van der Waals surface area contributed by atoms with E-state index in [9.17, 15) is 4.79 Å². The number of amides is 1. The van der Waals surface area contributed by atoms with Crippen LogP contribution in [0.15, 0.2) is 33.7 Å². The van der Waals surface area contributed by atoms with E-state index in [4.69, 9.17) is 4.42 Å².